The van der Waals surface area contributed by atoms with Crippen molar-refractivity contribution in [3.8, 4) is 0 Å². The SMILES string of the molecule is CS(=O)(=O)C1CN(Cc2ccccc2)CC[N]1. The zero-order valence-corrected chi connectivity index (χ0v) is 10.7. The molecule has 1 heterocycles. The minimum atomic E-state index is -3.06. The van der Waals surface area contributed by atoms with Crippen molar-refractivity contribution in [2.75, 3.05) is 25.9 Å². The quantitative estimate of drug-likeness (QED) is 0.787. The Morgan fingerprint density at radius 2 is 2.06 bits per heavy atom. The van der Waals surface area contributed by atoms with Crippen LogP contribution in [-0.2, 0) is 16.4 Å². The van der Waals surface area contributed by atoms with Crippen molar-refractivity contribution in [2.45, 2.75) is 11.9 Å². The van der Waals surface area contributed by atoms with Crippen molar-refractivity contribution in [3.05, 3.63) is 35.9 Å². The average Bonchev–Trinajstić information content (AvgIpc) is 2.29. The molecule has 1 unspecified atom stereocenters. The first kappa shape index (κ1) is 12.5. The van der Waals surface area contributed by atoms with Crippen LogP contribution in [0.2, 0.25) is 0 Å². The van der Waals surface area contributed by atoms with Crippen molar-refractivity contribution < 1.29 is 8.42 Å². The first-order valence-corrected chi connectivity index (χ1v) is 7.63. The number of benzene rings is 1. The first-order valence-electron chi connectivity index (χ1n) is 5.67. The van der Waals surface area contributed by atoms with Crippen LogP contribution in [0.1, 0.15) is 5.56 Å². The fourth-order valence-corrected chi connectivity index (χ4v) is 2.83. The maximum Gasteiger partial charge on any atom is 0.166 e. The summed E-state index contributed by atoms with van der Waals surface area (Å²) in [5, 5.41) is 3.61. The molecule has 17 heavy (non-hydrogen) atoms. The Bertz CT molecular complexity index is 459. The summed E-state index contributed by atoms with van der Waals surface area (Å²) in [6, 6.07) is 10.1. The van der Waals surface area contributed by atoms with Gasteiger partial charge in [-0.15, -0.1) is 0 Å². The molecule has 1 aromatic rings. The van der Waals surface area contributed by atoms with Crippen molar-refractivity contribution in [1.82, 2.24) is 10.2 Å². The summed E-state index contributed by atoms with van der Waals surface area (Å²) in [4.78, 5) is 2.15. The van der Waals surface area contributed by atoms with E-state index in [2.05, 4.69) is 22.3 Å². The summed E-state index contributed by atoms with van der Waals surface area (Å²) in [6.45, 7) is 2.74. The fourth-order valence-electron chi connectivity index (χ4n) is 1.97. The normalized spacial score (nSPS) is 22.5. The summed E-state index contributed by atoms with van der Waals surface area (Å²) in [6.07, 6.45) is 1.26. The Balaban J connectivity index is 1.99. The lowest BCUT2D eigenvalue weighted by atomic mass is 10.2. The van der Waals surface area contributed by atoms with Gasteiger partial charge in [0.1, 0.15) is 5.37 Å². The van der Waals surface area contributed by atoms with Crippen LogP contribution in [0.4, 0.5) is 0 Å². The van der Waals surface area contributed by atoms with Gasteiger partial charge in [0.05, 0.1) is 0 Å². The van der Waals surface area contributed by atoms with Gasteiger partial charge in [0, 0.05) is 32.4 Å². The Labute approximate surface area is 103 Å². The molecule has 2 rings (SSSR count). The Kier molecular flexibility index (Phi) is 3.81. The molecule has 4 nitrogen and oxygen atoms in total. The largest absolute Gasteiger partial charge is 0.295 e. The molecule has 0 aromatic heterocycles. The summed E-state index contributed by atoms with van der Waals surface area (Å²) in [5.41, 5.74) is 1.21. The van der Waals surface area contributed by atoms with E-state index in [-0.39, 0.29) is 0 Å². The van der Waals surface area contributed by atoms with E-state index in [0.29, 0.717) is 13.1 Å². The van der Waals surface area contributed by atoms with Gasteiger partial charge in [0.25, 0.3) is 0 Å². The van der Waals surface area contributed by atoms with Crippen LogP contribution in [0.15, 0.2) is 30.3 Å². The first-order chi connectivity index (χ1) is 8.05. The van der Waals surface area contributed by atoms with Crippen LogP contribution >= 0.6 is 0 Å². The highest BCUT2D eigenvalue weighted by Gasteiger charge is 2.27. The molecule has 1 aliphatic heterocycles. The second-order valence-corrected chi connectivity index (χ2v) is 6.61. The molecular weight excluding hydrogens is 236 g/mol. The van der Waals surface area contributed by atoms with E-state index in [0.717, 1.165) is 13.1 Å². The molecule has 0 saturated carbocycles. The highest BCUT2D eigenvalue weighted by molar-refractivity contribution is 7.91. The predicted octanol–water partition coefficient (Wildman–Crippen LogP) is 0.477. The van der Waals surface area contributed by atoms with Crippen LogP contribution in [0.3, 0.4) is 0 Å². The zero-order chi connectivity index (χ0) is 12.3. The maximum atomic E-state index is 11.5. The number of sulfone groups is 1. The van der Waals surface area contributed by atoms with Crippen molar-refractivity contribution in [3.63, 3.8) is 0 Å². The lowest BCUT2D eigenvalue weighted by molar-refractivity contribution is 0.216. The molecule has 0 amide bonds. The summed E-state index contributed by atoms with van der Waals surface area (Å²) in [5.74, 6) is 0. The lowest BCUT2D eigenvalue weighted by Gasteiger charge is -2.31. The lowest BCUT2D eigenvalue weighted by Crippen LogP contribution is -2.49. The van der Waals surface area contributed by atoms with Crippen molar-refractivity contribution in [2.24, 2.45) is 0 Å². The van der Waals surface area contributed by atoms with Gasteiger partial charge >= 0.3 is 0 Å². The van der Waals surface area contributed by atoms with Crippen LogP contribution in [0, 0.1) is 0 Å². The minimum absolute atomic E-state index is 0.508. The molecule has 0 N–H and O–H groups in total. The number of nitrogens with zero attached hydrogens (tertiary/aromatic N) is 2. The topological polar surface area (TPSA) is 51.5 Å². The molecular formula is C12H17N2O2S. The third-order valence-electron chi connectivity index (χ3n) is 2.91. The molecule has 1 atom stereocenters. The monoisotopic (exact) mass is 253 g/mol. The summed E-state index contributed by atoms with van der Waals surface area (Å²) < 4.78 is 22.9. The van der Waals surface area contributed by atoms with E-state index in [4.69, 9.17) is 0 Å². The number of rotatable bonds is 3. The average molecular weight is 253 g/mol. The fraction of sp³-hybridized carbons (Fsp3) is 0.500. The third-order valence-corrected chi connectivity index (χ3v) is 4.19. The summed E-state index contributed by atoms with van der Waals surface area (Å²) >= 11 is 0. The predicted molar refractivity (Wildman–Crippen MR) is 67.4 cm³/mol. The van der Waals surface area contributed by atoms with Gasteiger partial charge in [-0.1, -0.05) is 30.3 Å². The Hall–Kier alpha value is -0.910. The van der Waals surface area contributed by atoms with E-state index in [1.807, 2.05) is 18.2 Å². The Morgan fingerprint density at radius 3 is 2.71 bits per heavy atom. The van der Waals surface area contributed by atoms with E-state index < -0.39 is 15.2 Å². The van der Waals surface area contributed by atoms with E-state index in [1.165, 1.54) is 11.8 Å². The molecule has 1 aromatic carbocycles. The number of hydrogen-bond donors (Lipinski definition) is 0. The van der Waals surface area contributed by atoms with Gasteiger partial charge in [0.15, 0.2) is 9.84 Å². The molecule has 0 aliphatic carbocycles. The Morgan fingerprint density at radius 1 is 1.35 bits per heavy atom. The van der Waals surface area contributed by atoms with Gasteiger partial charge in [0.2, 0.25) is 0 Å². The van der Waals surface area contributed by atoms with Gasteiger partial charge in [-0.05, 0) is 5.56 Å². The number of hydrogen-bond acceptors (Lipinski definition) is 3. The standard InChI is InChI=1S/C12H17N2O2S/c1-17(15,16)12-10-14(8-7-13-12)9-11-5-3-2-4-6-11/h2-6,12H,7-10H2,1H3. The zero-order valence-electron chi connectivity index (χ0n) is 9.91. The number of piperazine rings is 1. The second kappa shape index (κ2) is 5.16. The molecule has 93 valence electrons. The molecule has 0 spiro atoms. The molecule has 5 heteroatoms. The summed E-state index contributed by atoms with van der Waals surface area (Å²) in [7, 11) is -3.06. The van der Waals surface area contributed by atoms with Crippen LogP contribution in [0.5, 0.6) is 0 Å². The maximum absolute atomic E-state index is 11.5. The van der Waals surface area contributed by atoms with Gasteiger partial charge in [-0.2, -0.15) is 0 Å². The van der Waals surface area contributed by atoms with Crippen molar-refractivity contribution >= 4 is 9.84 Å². The molecule has 1 saturated heterocycles. The molecule has 1 radical (unpaired) electrons. The highest BCUT2D eigenvalue weighted by Crippen LogP contribution is 2.10. The van der Waals surface area contributed by atoms with Gasteiger partial charge in [-0.3, -0.25) is 4.90 Å². The molecule has 1 fully saturated rings. The van der Waals surface area contributed by atoms with Gasteiger partial charge < -0.3 is 0 Å². The van der Waals surface area contributed by atoms with Gasteiger partial charge in [-0.25, -0.2) is 13.7 Å². The molecule has 0 bridgehead atoms. The van der Waals surface area contributed by atoms with Crippen molar-refractivity contribution in [1.29, 1.82) is 0 Å². The second-order valence-electron chi connectivity index (χ2n) is 4.41. The minimum Gasteiger partial charge on any atom is -0.295 e. The van der Waals surface area contributed by atoms with E-state index in [1.54, 1.807) is 0 Å². The third kappa shape index (κ3) is 3.52. The smallest absolute Gasteiger partial charge is 0.166 e. The van der Waals surface area contributed by atoms with E-state index >= 15 is 0 Å². The molecule has 1 aliphatic rings. The van der Waals surface area contributed by atoms with Crippen LogP contribution in [0.25, 0.3) is 0 Å². The highest BCUT2D eigenvalue weighted by atomic mass is 32.2. The van der Waals surface area contributed by atoms with Crippen LogP contribution in [-0.4, -0.2) is 44.6 Å². The van der Waals surface area contributed by atoms with E-state index in [9.17, 15) is 8.42 Å². The van der Waals surface area contributed by atoms with Crippen LogP contribution < -0.4 is 5.32 Å².